The lowest BCUT2D eigenvalue weighted by molar-refractivity contribution is 0.281. The van der Waals surface area contributed by atoms with E-state index in [0.717, 1.165) is 45.0 Å². The molecule has 30 heavy (non-hydrogen) atoms. The van der Waals surface area contributed by atoms with Crippen LogP contribution in [-0.4, -0.2) is 28.0 Å². The van der Waals surface area contributed by atoms with Crippen molar-refractivity contribution in [1.29, 1.82) is 0 Å². The molecule has 0 saturated carbocycles. The molecule has 0 spiro atoms. The van der Waals surface area contributed by atoms with Crippen molar-refractivity contribution in [2.45, 2.75) is 79.1 Å². The van der Waals surface area contributed by atoms with Crippen LogP contribution in [0.15, 0.2) is 24.4 Å². The summed E-state index contributed by atoms with van der Waals surface area (Å²) in [5.74, 6) is 1.97. The van der Waals surface area contributed by atoms with E-state index < -0.39 is 8.32 Å². The van der Waals surface area contributed by atoms with Gasteiger partial charge in [0.15, 0.2) is 11.5 Å². The van der Waals surface area contributed by atoms with Gasteiger partial charge in [-0.3, -0.25) is 0 Å². The molecular weight excluding hydrogens is 390 g/mol. The van der Waals surface area contributed by atoms with Gasteiger partial charge in [-0.1, -0.05) is 34.6 Å². The Morgan fingerprint density at radius 3 is 2.20 bits per heavy atom. The summed E-state index contributed by atoms with van der Waals surface area (Å²) in [5, 5.41) is 14.6. The van der Waals surface area contributed by atoms with Crippen LogP contribution in [0, 0.1) is 13.8 Å². The summed E-state index contributed by atoms with van der Waals surface area (Å²) >= 11 is 0. The lowest BCUT2D eigenvalue weighted by Crippen LogP contribution is -2.43. The van der Waals surface area contributed by atoms with Gasteiger partial charge in [0, 0.05) is 17.7 Å². The molecular formula is C24H35N3O2Si. The minimum Gasteiger partial charge on any atom is -0.543 e. The molecule has 1 N–H and O–H groups in total. The molecule has 0 radical (unpaired) electrons. The van der Waals surface area contributed by atoms with E-state index in [4.69, 9.17) is 9.41 Å². The molecule has 0 bridgehead atoms. The van der Waals surface area contributed by atoms with E-state index in [1.165, 1.54) is 0 Å². The SMILES string of the molecule is Cc1cc(O[Si](C)(C)C(C)(C)C)cc(C)c1-c1cc(CO)cn2nc(C(C)C)nc12. The van der Waals surface area contributed by atoms with Crippen LogP contribution in [0.1, 0.15) is 63.1 Å². The topological polar surface area (TPSA) is 59.7 Å². The molecule has 0 aliphatic heterocycles. The number of hydrogen-bond acceptors (Lipinski definition) is 4. The summed E-state index contributed by atoms with van der Waals surface area (Å²) < 4.78 is 8.35. The van der Waals surface area contributed by atoms with Gasteiger partial charge in [0.2, 0.25) is 8.32 Å². The number of aromatic nitrogens is 3. The minimum atomic E-state index is -1.92. The van der Waals surface area contributed by atoms with E-state index >= 15 is 0 Å². The van der Waals surface area contributed by atoms with Crippen molar-refractivity contribution in [3.63, 3.8) is 0 Å². The molecule has 2 aromatic heterocycles. The van der Waals surface area contributed by atoms with Crippen molar-refractivity contribution >= 4 is 14.0 Å². The Kier molecular flexibility index (Phi) is 5.86. The molecule has 0 aliphatic carbocycles. The standard InChI is InChI=1S/C24H35N3O2Si/c1-15(2)22-25-23-20(12-18(14-28)13-27(23)26-22)21-16(3)10-19(11-17(21)4)29-30(8,9)24(5,6)7/h10-13,15,28H,14H2,1-9H3. The van der Waals surface area contributed by atoms with Crippen molar-refractivity contribution in [2.75, 3.05) is 0 Å². The van der Waals surface area contributed by atoms with Gasteiger partial charge in [-0.05, 0) is 72.4 Å². The van der Waals surface area contributed by atoms with Gasteiger partial charge in [0.1, 0.15) is 5.75 Å². The van der Waals surface area contributed by atoms with Crippen molar-refractivity contribution < 1.29 is 9.53 Å². The maximum Gasteiger partial charge on any atom is 0.250 e. The van der Waals surface area contributed by atoms with Gasteiger partial charge in [-0.15, -0.1) is 0 Å². The van der Waals surface area contributed by atoms with Gasteiger partial charge in [0.05, 0.1) is 6.61 Å². The second-order valence-electron chi connectivity index (χ2n) is 10.1. The molecule has 6 heteroatoms. The molecule has 0 atom stereocenters. The maximum absolute atomic E-state index is 9.79. The summed E-state index contributed by atoms with van der Waals surface area (Å²) in [6.07, 6.45) is 1.86. The summed E-state index contributed by atoms with van der Waals surface area (Å²) in [4.78, 5) is 4.81. The Hall–Kier alpha value is -2.18. The first-order valence-electron chi connectivity index (χ1n) is 10.6. The second kappa shape index (κ2) is 7.82. The van der Waals surface area contributed by atoms with Gasteiger partial charge >= 0.3 is 0 Å². The van der Waals surface area contributed by atoms with Crippen LogP contribution in [-0.2, 0) is 6.61 Å². The van der Waals surface area contributed by atoms with Crippen molar-refractivity contribution in [3.8, 4) is 16.9 Å². The average molecular weight is 426 g/mol. The van der Waals surface area contributed by atoms with Crippen molar-refractivity contribution in [2.24, 2.45) is 0 Å². The maximum atomic E-state index is 9.79. The first kappa shape index (κ1) is 22.5. The third-order valence-corrected chi connectivity index (χ3v) is 10.5. The monoisotopic (exact) mass is 425 g/mol. The largest absolute Gasteiger partial charge is 0.543 e. The van der Waals surface area contributed by atoms with E-state index in [-0.39, 0.29) is 17.6 Å². The molecule has 0 aliphatic rings. The summed E-state index contributed by atoms with van der Waals surface area (Å²) in [5.41, 5.74) is 6.03. The first-order valence-corrected chi connectivity index (χ1v) is 13.6. The van der Waals surface area contributed by atoms with Crippen LogP contribution in [0.25, 0.3) is 16.8 Å². The van der Waals surface area contributed by atoms with Crippen molar-refractivity contribution in [3.05, 3.63) is 46.9 Å². The molecule has 1 aromatic carbocycles. The third kappa shape index (κ3) is 4.16. The predicted molar refractivity (Wildman–Crippen MR) is 126 cm³/mol. The lowest BCUT2D eigenvalue weighted by Gasteiger charge is -2.36. The molecule has 2 heterocycles. The number of rotatable bonds is 5. The highest BCUT2D eigenvalue weighted by Crippen LogP contribution is 2.39. The first-order chi connectivity index (χ1) is 13.8. The van der Waals surface area contributed by atoms with E-state index in [1.54, 1.807) is 4.52 Å². The molecule has 0 unspecified atom stereocenters. The molecule has 5 nitrogen and oxygen atoms in total. The predicted octanol–water partition coefficient (Wildman–Crippen LogP) is 6.01. The Morgan fingerprint density at radius 1 is 1.10 bits per heavy atom. The molecule has 0 saturated heterocycles. The van der Waals surface area contributed by atoms with Gasteiger partial charge in [0.25, 0.3) is 0 Å². The molecule has 0 amide bonds. The Balaban J connectivity index is 2.16. The zero-order valence-electron chi connectivity index (χ0n) is 19.8. The zero-order chi connectivity index (χ0) is 22.4. The fourth-order valence-electron chi connectivity index (χ4n) is 3.43. The van der Waals surface area contributed by atoms with Crippen LogP contribution in [0.4, 0.5) is 0 Å². The molecule has 3 rings (SSSR count). The number of benzene rings is 1. The smallest absolute Gasteiger partial charge is 0.250 e. The number of fused-ring (bicyclic) bond motifs is 1. The summed E-state index contributed by atoms with van der Waals surface area (Å²) in [6.45, 7) is 19.7. The summed E-state index contributed by atoms with van der Waals surface area (Å²) in [7, 11) is -1.92. The zero-order valence-corrected chi connectivity index (χ0v) is 20.8. The Labute approximate surface area is 181 Å². The van der Waals surface area contributed by atoms with Crippen LogP contribution >= 0.6 is 0 Å². The Morgan fingerprint density at radius 2 is 1.70 bits per heavy atom. The van der Waals surface area contributed by atoms with Crippen molar-refractivity contribution in [1.82, 2.24) is 14.6 Å². The van der Waals surface area contributed by atoms with Crippen LogP contribution < -0.4 is 4.43 Å². The molecule has 162 valence electrons. The van der Waals surface area contributed by atoms with E-state index in [9.17, 15) is 5.11 Å². The second-order valence-corrected chi connectivity index (χ2v) is 14.8. The number of pyridine rings is 1. The Bertz CT molecular complexity index is 1050. The summed E-state index contributed by atoms with van der Waals surface area (Å²) in [6, 6.07) is 6.28. The van der Waals surface area contributed by atoms with Crippen LogP contribution in [0.5, 0.6) is 5.75 Å². The third-order valence-electron chi connectivity index (χ3n) is 6.16. The highest BCUT2D eigenvalue weighted by Gasteiger charge is 2.39. The highest BCUT2D eigenvalue weighted by atomic mass is 28.4. The quantitative estimate of drug-likeness (QED) is 0.508. The molecule has 3 aromatic rings. The fraction of sp³-hybridized carbons (Fsp3) is 0.500. The normalized spacial score (nSPS) is 12.8. The fourth-order valence-corrected chi connectivity index (χ4v) is 4.44. The lowest BCUT2D eigenvalue weighted by atomic mass is 9.95. The number of nitrogens with zero attached hydrogens (tertiary/aromatic N) is 3. The van der Waals surface area contributed by atoms with Gasteiger partial charge in [-0.25, -0.2) is 9.50 Å². The molecule has 0 fully saturated rings. The van der Waals surface area contributed by atoms with Crippen LogP contribution in [0.3, 0.4) is 0 Å². The number of aryl methyl sites for hydroxylation is 2. The van der Waals surface area contributed by atoms with Gasteiger partial charge < -0.3 is 9.53 Å². The number of hydrogen-bond donors (Lipinski definition) is 1. The minimum absolute atomic E-state index is 0.0372. The number of aliphatic hydroxyl groups excluding tert-OH is 1. The van der Waals surface area contributed by atoms with E-state index in [0.29, 0.717) is 0 Å². The number of aliphatic hydroxyl groups is 1. The average Bonchev–Trinajstić information content (AvgIpc) is 3.04. The van der Waals surface area contributed by atoms with E-state index in [1.807, 2.05) is 12.3 Å². The highest BCUT2D eigenvalue weighted by molar-refractivity contribution is 6.74. The van der Waals surface area contributed by atoms with Crippen LogP contribution in [0.2, 0.25) is 18.1 Å². The van der Waals surface area contributed by atoms with E-state index in [2.05, 4.69) is 78.8 Å². The van der Waals surface area contributed by atoms with Gasteiger partial charge in [-0.2, -0.15) is 5.10 Å².